The van der Waals surface area contributed by atoms with Crippen LogP contribution in [0.3, 0.4) is 0 Å². The van der Waals surface area contributed by atoms with E-state index in [0.29, 0.717) is 6.42 Å². The second-order valence-electron chi connectivity index (χ2n) is 5.77. The molecule has 1 aromatic carbocycles. The maximum absolute atomic E-state index is 12.1. The Labute approximate surface area is 138 Å². The molecule has 1 amide bonds. The first kappa shape index (κ1) is 16.0. The van der Waals surface area contributed by atoms with E-state index >= 15 is 0 Å². The number of nitrogens with one attached hydrogen (secondary N) is 1. The van der Waals surface area contributed by atoms with Crippen LogP contribution in [0.2, 0.25) is 0 Å². The van der Waals surface area contributed by atoms with Crippen LogP contribution in [0.15, 0.2) is 28.7 Å². The summed E-state index contributed by atoms with van der Waals surface area (Å²) in [6.45, 7) is 0.799. The van der Waals surface area contributed by atoms with Crippen LogP contribution in [0.1, 0.15) is 37.7 Å². The quantitative estimate of drug-likeness (QED) is 0.724. The lowest BCUT2D eigenvalue weighted by atomic mass is 9.75. The maximum atomic E-state index is 12.1. The number of halogens is 2. The van der Waals surface area contributed by atoms with E-state index in [1.54, 1.807) is 0 Å². The van der Waals surface area contributed by atoms with Gasteiger partial charge in [0.25, 0.3) is 0 Å². The molecule has 1 aromatic rings. The first-order valence-corrected chi connectivity index (χ1v) is 9.12. The molecule has 1 N–H and O–H groups in total. The Kier molecular flexibility index (Phi) is 6.09. The van der Waals surface area contributed by atoms with Crippen LogP contribution in [-0.2, 0) is 11.2 Å². The third kappa shape index (κ3) is 4.59. The summed E-state index contributed by atoms with van der Waals surface area (Å²) < 4.78 is 1.04. The van der Waals surface area contributed by atoms with Crippen molar-refractivity contribution in [2.75, 3.05) is 11.9 Å². The van der Waals surface area contributed by atoms with E-state index < -0.39 is 0 Å². The van der Waals surface area contributed by atoms with Gasteiger partial charge in [-0.3, -0.25) is 4.79 Å². The zero-order valence-electron chi connectivity index (χ0n) is 11.6. The molecule has 1 aliphatic rings. The normalized spacial score (nSPS) is 17.7. The highest BCUT2D eigenvalue weighted by atomic mass is 79.9. The fraction of sp³-hybridized carbons (Fsp3) is 0.562. The van der Waals surface area contributed by atoms with Crippen molar-refractivity contribution in [2.45, 2.75) is 38.5 Å². The van der Waals surface area contributed by atoms with Crippen molar-refractivity contribution in [3.8, 4) is 0 Å². The number of hydrogen-bond donors (Lipinski definition) is 1. The van der Waals surface area contributed by atoms with Gasteiger partial charge in [-0.2, -0.15) is 0 Å². The smallest absolute Gasteiger partial charge is 0.224 e. The van der Waals surface area contributed by atoms with Crippen LogP contribution in [0.4, 0.5) is 0 Å². The Balaban J connectivity index is 1.83. The number of alkyl halides is 1. The molecule has 2 nitrogen and oxygen atoms in total. The molecule has 1 saturated carbocycles. The monoisotopic (exact) mass is 401 g/mol. The second-order valence-corrected chi connectivity index (χ2v) is 7.25. The molecule has 0 unspecified atom stereocenters. The molecule has 0 heterocycles. The van der Waals surface area contributed by atoms with Gasteiger partial charge in [-0.25, -0.2) is 0 Å². The Hall–Kier alpha value is -0.350. The Bertz CT molecular complexity index is 438. The van der Waals surface area contributed by atoms with E-state index in [0.717, 1.165) is 21.9 Å². The summed E-state index contributed by atoms with van der Waals surface area (Å²) in [6, 6.07) is 7.93. The average molecular weight is 403 g/mol. The van der Waals surface area contributed by atoms with E-state index in [1.807, 2.05) is 24.3 Å². The summed E-state index contributed by atoms with van der Waals surface area (Å²) in [5, 5.41) is 4.11. The lowest BCUT2D eigenvalue weighted by molar-refractivity contribution is -0.121. The van der Waals surface area contributed by atoms with Gasteiger partial charge in [0.2, 0.25) is 5.91 Å². The van der Waals surface area contributed by atoms with Crippen LogP contribution in [0, 0.1) is 5.41 Å². The third-order valence-electron chi connectivity index (χ3n) is 4.14. The highest BCUT2D eigenvalue weighted by Gasteiger charge is 2.31. The zero-order valence-corrected chi connectivity index (χ0v) is 14.8. The summed E-state index contributed by atoms with van der Waals surface area (Å²) >= 11 is 7.04. The number of hydrogen-bond acceptors (Lipinski definition) is 1. The molecule has 1 aliphatic carbocycles. The first-order chi connectivity index (χ1) is 9.63. The van der Waals surface area contributed by atoms with Crippen molar-refractivity contribution in [1.82, 2.24) is 5.32 Å². The molecular formula is C16H21Br2NO. The van der Waals surface area contributed by atoms with E-state index in [1.165, 1.54) is 32.1 Å². The van der Waals surface area contributed by atoms with Crippen LogP contribution in [-0.4, -0.2) is 17.8 Å². The molecule has 0 aromatic heterocycles. The van der Waals surface area contributed by atoms with E-state index in [-0.39, 0.29) is 11.3 Å². The van der Waals surface area contributed by atoms with E-state index in [2.05, 4.69) is 37.2 Å². The van der Waals surface area contributed by atoms with Crippen molar-refractivity contribution >= 4 is 37.8 Å². The van der Waals surface area contributed by atoms with Crippen LogP contribution in [0.25, 0.3) is 0 Å². The lowest BCUT2D eigenvalue weighted by Gasteiger charge is -2.35. The molecular weight excluding hydrogens is 382 g/mol. The largest absolute Gasteiger partial charge is 0.355 e. The van der Waals surface area contributed by atoms with Crippen LogP contribution >= 0.6 is 31.9 Å². The van der Waals surface area contributed by atoms with Gasteiger partial charge in [0.1, 0.15) is 0 Å². The molecule has 4 heteroatoms. The Morgan fingerprint density at radius 2 is 1.80 bits per heavy atom. The van der Waals surface area contributed by atoms with Gasteiger partial charge < -0.3 is 5.32 Å². The van der Waals surface area contributed by atoms with Gasteiger partial charge in [0.15, 0.2) is 0 Å². The van der Waals surface area contributed by atoms with Crippen LogP contribution < -0.4 is 5.32 Å². The topological polar surface area (TPSA) is 29.1 Å². The third-order valence-corrected chi connectivity index (χ3v) is 5.85. The van der Waals surface area contributed by atoms with Crippen molar-refractivity contribution in [2.24, 2.45) is 5.41 Å². The fourth-order valence-electron chi connectivity index (χ4n) is 2.80. The summed E-state index contributed by atoms with van der Waals surface area (Å²) in [5.41, 5.74) is 1.33. The Morgan fingerprint density at radius 3 is 2.40 bits per heavy atom. The fourth-order valence-corrected chi connectivity index (χ4v) is 3.82. The second kappa shape index (κ2) is 7.60. The molecule has 110 valence electrons. The maximum Gasteiger partial charge on any atom is 0.224 e. The highest BCUT2D eigenvalue weighted by molar-refractivity contribution is 9.10. The number of amides is 1. The van der Waals surface area contributed by atoms with E-state index in [4.69, 9.17) is 0 Å². The minimum absolute atomic E-state index is 0.123. The van der Waals surface area contributed by atoms with Gasteiger partial charge in [-0.05, 0) is 36.0 Å². The molecule has 0 saturated heterocycles. The van der Waals surface area contributed by atoms with Crippen molar-refractivity contribution in [1.29, 1.82) is 0 Å². The summed E-state index contributed by atoms with van der Waals surface area (Å²) in [4.78, 5) is 12.1. The minimum Gasteiger partial charge on any atom is -0.355 e. The molecule has 0 spiro atoms. The summed E-state index contributed by atoms with van der Waals surface area (Å²) in [5.74, 6) is 0.123. The number of carbonyl (C=O) groups is 1. The molecule has 1 fully saturated rings. The number of carbonyl (C=O) groups excluding carboxylic acids is 1. The first-order valence-electron chi connectivity index (χ1n) is 7.21. The predicted octanol–water partition coefficient (Wildman–Crippen LogP) is 4.45. The molecule has 0 bridgehead atoms. The molecule has 0 radical (unpaired) electrons. The van der Waals surface area contributed by atoms with E-state index in [9.17, 15) is 4.79 Å². The highest BCUT2D eigenvalue weighted by Crippen LogP contribution is 2.37. The van der Waals surface area contributed by atoms with Crippen molar-refractivity contribution < 1.29 is 4.79 Å². The summed E-state index contributed by atoms with van der Waals surface area (Å²) in [6.07, 6.45) is 6.81. The average Bonchev–Trinajstić information content (AvgIpc) is 2.49. The standard InChI is InChI=1S/C16H21Br2NO/c17-11-16(8-2-1-3-9-16)12-19-15(20)10-13-4-6-14(18)7-5-13/h4-7H,1-3,8-12H2,(H,19,20). The molecule has 20 heavy (non-hydrogen) atoms. The van der Waals surface area contributed by atoms with Gasteiger partial charge >= 0.3 is 0 Å². The number of rotatable bonds is 5. The molecule has 0 atom stereocenters. The lowest BCUT2D eigenvalue weighted by Crippen LogP contribution is -2.40. The number of benzene rings is 1. The van der Waals surface area contributed by atoms with Gasteiger partial charge in [-0.15, -0.1) is 0 Å². The summed E-state index contributed by atoms with van der Waals surface area (Å²) in [7, 11) is 0. The van der Waals surface area contributed by atoms with Gasteiger partial charge in [0.05, 0.1) is 6.42 Å². The zero-order chi connectivity index (χ0) is 14.4. The van der Waals surface area contributed by atoms with Gasteiger partial charge in [0, 0.05) is 16.3 Å². The van der Waals surface area contributed by atoms with Gasteiger partial charge in [-0.1, -0.05) is 63.3 Å². The minimum atomic E-state index is 0.123. The molecule has 0 aliphatic heterocycles. The molecule has 2 rings (SSSR count). The van der Waals surface area contributed by atoms with Crippen molar-refractivity contribution in [3.05, 3.63) is 34.3 Å². The SMILES string of the molecule is O=C(Cc1ccc(Br)cc1)NCC1(CBr)CCCCC1. The Morgan fingerprint density at radius 1 is 1.15 bits per heavy atom. The van der Waals surface area contributed by atoms with Crippen molar-refractivity contribution in [3.63, 3.8) is 0 Å². The predicted molar refractivity (Wildman–Crippen MR) is 90.2 cm³/mol. The van der Waals surface area contributed by atoms with Crippen LogP contribution in [0.5, 0.6) is 0 Å².